The number of halogens is 1. The summed E-state index contributed by atoms with van der Waals surface area (Å²) >= 11 is 3.18. The molecule has 1 rings (SSSR count). The van der Waals surface area contributed by atoms with Gasteiger partial charge in [-0.1, -0.05) is 15.9 Å². The van der Waals surface area contributed by atoms with Crippen LogP contribution in [-0.4, -0.2) is 26.4 Å². The Balaban J connectivity index is 2.81. The highest BCUT2D eigenvalue weighted by Gasteiger charge is 2.20. The molecule has 0 spiro atoms. The number of benzene rings is 1. The fourth-order valence-corrected chi connectivity index (χ4v) is 3.09. The summed E-state index contributed by atoms with van der Waals surface area (Å²) in [6, 6.07) is 4.51. The largest absolute Gasteiger partial charge is 0.398 e. The van der Waals surface area contributed by atoms with Crippen LogP contribution < -0.4 is 15.8 Å². The SMILES string of the molecule is CC(C)(C)NC(=O)CNS(=O)(=O)c1cc(Br)ccc1N. The third-order valence-corrected chi connectivity index (χ3v) is 4.15. The third kappa shape index (κ3) is 5.10. The number of hydrogen-bond acceptors (Lipinski definition) is 4. The minimum absolute atomic E-state index is 0.0598. The fourth-order valence-electron chi connectivity index (χ4n) is 1.44. The van der Waals surface area contributed by atoms with Crippen molar-refractivity contribution < 1.29 is 13.2 Å². The molecule has 0 saturated heterocycles. The standard InChI is InChI=1S/C12H18BrN3O3S/c1-12(2,3)16-11(17)7-15-20(18,19)10-6-8(13)4-5-9(10)14/h4-6,15H,7,14H2,1-3H3,(H,16,17). The molecular weight excluding hydrogens is 346 g/mol. The molecule has 20 heavy (non-hydrogen) atoms. The minimum Gasteiger partial charge on any atom is -0.398 e. The van der Waals surface area contributed by atoms with E-state index in [1.54, 1.807) is 6.07 Å². The highest BCUT2D eigenvalue weighted by molar-refractivity contribution is 9.10. The van der Waals surface area contributed by atoms with Gasteiger partial charge in [0.15, 0.2) is 0 Å². The molecule has 0 aliphatic rings. The molecule has 0 atom stereocenters. The molecule has 0 fully saturated rings. The molecule has 0 aliphatic heterocycles. The molecule has 1 amide bonds. The van der Waals surface area contributed by atoms with Crippen LogP contribution in [0.15, 0.2) is 27.6 Å². The number of amides is 1. The van der Waals surface area contributed by atoms with E-state index in [0.717, 1.165) is 0 Å². The van der Waals surface area contributed by atoms with Crippen LogP contribution in [0.3, 0.4) is 0 Å². The number of nitrogens with two attached hydrogens (primary N) is 1. The number of sulfonamides is 1. The number of nitrogen functional groups attached to an aromatic ring is 1. The van der Waals surface area contributed by atoms with Crippen molar-refractivity contribution in [3.05, 3.63) is 22.7 Å². The molecule has 0 saturated carbocycles. The Hall–Kier alpha value is -1.12. The van der Waals surface area contributed by atoms with Crippen molar-refractivity contribution in [2.45, 2.75) is 31.2 Å². The lowest BCUT2D eigenvalue weighted by Crippen LogP contribution is -2.45. The van der Waals surface area contributed by atoms with Crippen molar-refractivity contribution in [3.8, 4) is 0 Å². The number of rotatable bonds is 4. The summed E-state index contributed by atoms with van der Waals surface area (Å²) in [5.41, 5.74) is 5.35. The van der Waals surface area contributed by atoms with Crippen molar-refractivity contribution in [1.82, 2.24) is 10.0 Å². The zero-order chi connectivity index (χ0) is 15.6. The van der Waals surface area contributed by atoms with Gasteiger partial charge in [-0.2, -0.15) is 0 Å². The highest BCUT2D eigenvalue weighted by atomic mass is 79.9. The topological polar surface area (TPSA) is 101 Å². The molecule has 0 aliphatic carbocycles. The van der Waals surface area contributed by atoms with Gasteiger partial charge in [0, 0.05) is 10.0 Å². The van der Waals surface area contributed by atoms with E-state index in [4.69, 9.17) is 5.73 Å². The number of anilines is 1. The van der Waals surface area contributed by atoms with Gasteiger partial charge in [-0.15, -0.1) is 0 Å². The molecule has 112 valence electrons. The van der Waals surface area contributed by atoms with Crippen LogP contribution in [0.25, 0.3) is 0 Å². The summed E-state index contributed by atoms with van der Waals surface area (Å²) in [6.07, 6.45) is 0. The quantitative estimate of drug-likeness (QED) is 0.700. The molecule has 0 unspecified atom stereocenters. The van der Waals surface area contributed by atoms with E-state index in [-0.39, 0.29) is 17.1 Å². The molecule has 0 aromatic heterocycles. The lowest BCUT2D eigenvalue weighted by atomic mass is 10.1. The molecule has 1 aromatic rings. The van der Waals surface area contributed by atoms with E-state index in [9.17, 15) is 13.2 Å². The van der Waals surface area contributed by atoms with Gasteiger partial charge >= 0.3 is 0 Å². The Morgan fingerprint density at radius 1 is 1.35 bits per heavy atom. The van der Waals surface area contributed by atoms with Crippen LogP contribution in [0.5, 0.6) is 0 Å². The number of nitrogens with one attached hydrogen (secondary N) is 2. The summed E-state index contributed by atoms with van der Waals surface area (Å²) in [6.45, 7) is 5.09. The Labute approximate surface area is 127 Å². The Morgan fingerprint density at radius 3 is 2.50 bits per heavy atom. The van der Waals surface area contributed by atoms with E-state index >= 15 is 0 Å². The summed E-state index contributed by atoms with van der Waals surface area (Å²) < 4.78 is 27.0. The molecule has 0 radical (unpaired) electrons. The molecular formula is C12H18BrN3O3S. The molecule has 1 aromatic carbocycles. The van der Waals surface area contributed by atoms with E-state index in [1.165, 1.54) is 12.1 Å². The smallest absolute Gasteiger partial charge is 0.243 e. The lowest BCUT2D eigenvalue weighted by Gasteiger charge is -2.20. The van der Waals surface area contributed by atoms with Gasteiger partial charge in [0.25, 0.3) is 0 Å². The van der Waals surface area contributed by atoms with Crippen LogP contribution in [0.2, 0.25) is 0 Å². The first-order valence-electron chi connectivity index (χ1n) is 5.87. The van der Waals surface area contributed by atoms with Gasteiger partial charge in [0.05, 0.1) is 12.2 Å². The average Bonchev–Trinajstić information content (AvgIpc) is 2.27. The zero-order valence-corrected chi connectivity index (χ0v) is 13.9. The van der Waals surface area contributed by atoms with Crippen LogP contribution >= 0.6 is 15.9 Å². The molecule has 0 heterocycles. The van der Waals surface area contributed by atoms with Gasteiger partial charge in [-0.25, -0.2) is 13.1 Å². The van der Waals surface area contributed by atoms with Crippen LogP contribution in [-0.2, 0) is 14.8 Å². The normalized spacial score (nSPS) is 12.2. The fraction of sp³-hybridized carbons (Fsp3) is 0.417. The molecule has 4 N–H and O–H groups in total. The highest BCUT2D eigenvalue weighted by Crippen LogP contribution is 2.22. The molecule has 6 nitrogen and oxygen atoms in total. The Bertz CT molecular complexity index is 609. The van der Waals surface area contributed by atoms with Gasteiger partial charge in [-0.3, -0.25) is 4.79 Å². The maximum absolute atomic E-state index is 12.1. The molecule has 8 heteroatoms. The van der Waals surface area contributed by atoms with Gasteiger partial charge in [0.2, 0.25) is 15.9 Å². The average molecular weight is 364 g/mol. The van der Waals surface area contributed by atoms with Crippen molar-refractivity contribution in [2.24, 2.45) is 0 Å². The van der Waals surface area contributed by atoms with Crippen LogP contribution in [0.1, 0.15) is 20.8 Å². The maximum Gasteiger partial charge on any atom is 0.243 e. The minimum atomic E-state index is -3.83. The van der Waals surface area contributed by atoms with Crippen LogP contribution in [0, 0.1) is 0 Å². The first-order chi connectivity index (χ1) is 9.01. The third-order valence-electron chi connectivity index (χ3n) is 2.20. The van der Waals surface area contributed by atoms with Crippen LogP contribution in [0.4, 0.5) is 5.69 Å². The van der Waals surface area contributed by atoms with Crippen molar-refractivity contribution in [1.29, 1.82) is 0 Å². The Kier molecular flexibility index (Phi) is 5.17. The predicted octanol–water partition coefficient (Wildman–Crippen LogP) is 1.22. The second-order valence-electron chi connectivity index (χ2n) is 5.30. The van der Waals surface area contributed by atoms with E-state index in [1.807, 2.05) is 20.8 Å². The monoisotopic (exact) mass is 363 g/mol. The summed E-state index contributed by atoms with van der Waals surface area (Å²) in [7, 11) is -3.83. The lowest BCUT2D eigenvalue weighted by molar-refractivity contribution is -0.121. The van der Waals surface area contributed by atoms with Gasteiger partial charge < -0.3 is 11.1 Å². The van der Waals surface area contributed by atoms with Gasteiger partial charge in [-0.05, 0) is 39.0 Å². The van der Waals surface area contributed by atoms with E-state index in [0.29, 0.717) is 4.47 Å². The van der Waals surface area contributed by atoms with Gasteiger partial charge in [0.1, 0.15) is 4.90 Å². The van der Waals surface area contributed by atoms with Crippen molar-refractivity contribution in [2.75, 3.05) is 12.3 Å². The Morgan fingerprint density at radius 2 is 1.95 bits per heavy atom. The summed E-state index contributed by atoms with van der Waals surface area (Å²) in [5.74, 6) is -0.408. The number of hydrogen-bond donors (Lipinski definition) is 3. The predicted molar refractivity (Wildman–Crippen MR) is 81.6 cm³/mol. The van der Waals surface area contributed by atoms with Crippen molar-refractivity contribution in [3.63, 3.8) is 0 Å². The summed E-state index contributed by atoms with van der Waals surface area (Å²) in [4.78, 5) is 11.6. The molecule has 0 bridgehead atoms. The maximum atomic E-state index is 12.1. The second kappa shape index (κ2) is 6.11. The summed E-state index contributed by atoms with van der Waals surface area (Å²) in [5, 5.41) is 2.66. The second-order valence-corrected chi connectivity index (χ2v) is 7.96. The number of carbonyl (C=O) groups is 1. The van der Waals surface area contributed by atoms with E-state index in [2.05, 4.69) is 26.0 Å². The zero-order valence-electron chi connectivity index (χ0n) is 11.5. The van der Waals surface area contributed by atoms with Crippen molar-refractivity contribution >= 4 is 37.5 Å². The van der Waals surface area contributed by atoms with E-state index < -0.39 is 21.5 Å². The first kappa shape index (κ1) is 16.9. The first-order valence-corrected chi connectivity index (χ1v) is 8.14. The number of carbonyl (C=O) groups excluding carboxylic acids is 1.